The number of hydrogen-bond donors (Lipinski definition) is 1. The number of likely N-dealkylation sites (tertiary alicyclic amines) is 1. The molecule has 2 N–H and O–H groups in total. The van der Waals surface area contributed by atoms with Crippen molar-refractivity contribution >= 4 is 0 Å². The largest absolute Gasteiger partial charge is 0.328 e. The van der Waals surface area contributed by atoms with Gasteiger partial charge in [0.25, 0.3) is 0 Å². The van der Waals surface area contributed by atoms with Gasteiger partial charge in [-0.25, -0.2) is 0 Å². The molecule has 1 spiro atoms. The molecule has 1 saturated heterocycles. The summed E-state index contributed by atoms with van der Waals surface area (Å²) in [5.41, 5.74) is 6.69. The van der Waals surface area contributed by atoms with E-state index < -0.39 is 0 Å². The summed E-state index contributed by atoms with van der Waals surface area (Å²) in [5, 5.41) is 0. The molecule has 3 aliphatic rings. The molecule has 0 amide bonds. The SMILES string of the molecule is CN1C2CCC23CC(N)CC13. The smallest absolute Gasteiger partial charge is 0.0182 e. The van der Waals surface area contributed by atoms with Crippen molar-refractivity contribution in [2.75, 3.05) is 7.05 Å². The first-order valence-corrected chi connectivity index (χ1v) is 4.71. The van der Waals surface area contributed by atoms with Crippen LogP contribution >= 0.6 is 0 Å². The number of nitrogens with zero attached hydrogens (tertiary/aromatic N) is 1. The molecule has 2 aliphatic carbocycles. The van der Waals surface area contributed by atoms with Crippen molar-refractivity contribution in [3.05, 3.63) is 0 Å². The minimum Gasteiger partial charge on any atom is -0.328 e. The van der Waals surface area contributed by atoms with Crippen LogP contribution in [-0.4, -0.2) is 30.1 Å². The van der Waals surface area contributed by atoms with Crippen molar-refractivity contribution in [1.82, 2.24) is 4.90 Å². The highest BCUT2D eigenvalue weighted by Crippen LogP contribution is 2.64. The molecule has 3 fully saturated rings. The number of rotatable bonds is 0. The standard InChI is InChI=1S/C9H16N2/c1-11-7-2-3-9(7)5-6(10)4-8(9)11/h6-8H,2-5,10H2,1H3. The Labute approximate surface area is 67.7 Å². The highest BCUT2D eigenvalue weighted by Gasteiger charge is 2.67. The Morgan fingerprint density at radius 1 is 1.45 bits per heavy atom. The Hall–Kier alpha value is -0.0800. The maximum Gasteiger partial charge on any atom is 0.0182 e. The van der Waals surface area contributed by atoms with E-state index in [4.69, 9.17) is 5.73 Å². The van der Waals surface area contributed by atoms with E-state index in [1.54, 1.807) is 0 Å². The third-order valence-electron chi connectivity index (χ3n) is 4.36. The van der Waals surface area contributed by atoms with Crippen molar-refractivity contribution in [3.8, 4) is 0 Å². The van der Waals surface area contributed by atoms with Crippen molar-refractivity contribution in [3.63, 3.8) is 0 Å². The lowest BCUT2D eigenvalue weighted by molar-refractivity contribution is -0.174. The summed E-state index contributed by atoms with van der Waals surface area (Å²) in [6.07, 6.45) is 5.46. The Morgan fingerprint density at radius 2 is 2.27 bits per heavy atom. The summed E-state index contributed by atoms with van der Waals surface area (Å²) in [7, 11) is 2.27. The van der Waals surface area contributed by atoms with Gasteiger partial charge >= 0.3 is 0 Å². The van der Waals surface area contributed by atoms with Gasteiger partial charge < -0.3 is 5.73 Å². The van der Waals surface area contributed by atoms with Gasteiger partial charge in [0.15, 0.2) is 0 Å². The van der Waals surface area contributed by atoms with Crippen molar-refractivity contribution < 1.29 is 0 Å². The zero-order valence-corrected chi connectivity index (χ0v) is 7.09. The molecular formula is C9H16N2. The topological polar surface area (TPSA) is 29.3 Å². The summed E-state index contributed by atoms with van der Waals surface area (Å²) < 4.78 is 0. The van der Waals surface area contributed by atoms with Crippen molar-refractivity contribution in [1.29, 1.82) is 0 Å². The van der Waals surface area contributed by atoms with Crippen LogP contribution < -0.4 is 5.73 Å². The fourth-order valence-corrected chi connectivity index (χ4v) is 3.82. The summed E-state index contributed by atoms with van der Waals surface area (Å²) >= 11 is 0. The Balaban J connectivity index is 1.90. The highest BCUT2D eigenvalue weighted by atomic mass is 15.3. The quantitative estimate of drug-likeness (QED) is 0.550. The molecule has 2 heteroatoms. The number of nitrogens with two attached hydrogens (primary N) is 1. The molecular weight excluding hydrogens is 136 g/mol. The summed E-state index contributed by atoms with van der Waals surface area (Å²) in [6.45, 7) is 0. The second-order valence-electron chi connectivity index (χ2n) is 4.67. The Bertz CT molecular complexity index is 204. The fourth-order valence-electron chi connectivity index (χ4n) is 3.82. The minimum atomic E-state index is 0.507. The van der Waals surface area contributed by atoms with Crippen LogP contribution in [0.3, 0.4) is 0 Å². The second kappa shape index (κ2) is 1.64. The van der Waals surface area contributed by atoms with Gasteiger partial charge in [-0.15, -0.1) is 0 Å². The van der Waals surface area contributed by atoms with Gasteiger partial charge in [0.05, 0.1) is 0 Å². The van der Waals surface area contributed by atoms with Gasteiger partial charge in [0, 0.05) is 23.5 Å². The van der Waals surface area contributed by atoms with Crippen LogP contribution in [0, 0.1) is 5.41 Å². The van der Waals surface area contributed by atoms with E-state index in [9.17, 15) is 0 Å². The minimum absolute atomic E-state index is 0.507. The van der Waals surface area contributed by atoms with Crippen LogP contribution in [0.1, 0.15) is 25.7 Å². The Kier molecular flexibility index (Phi) is 0.961. The lowest BCUT2D eigenvalue weighted by Gasteiger charge is -2.67. The average Bonchev–Trinajstić information content (AvgIpc) is 2.25. The predicted molar refractivity (Wildman–Crippen MR) is 44.2 cm³/mol. The fraction of sp³-hybridized carbons (Fsp3) is 1.00. The van der Waals surface area contributed by atoms with E-state index in [0.717, 1.165) is 12.1 Å². The number of piperidine rings is 1. The molecule has 1 aliphatic heterocycles. The third kappa shape index (κ3) is 0.510. The average molecular weight is 152 g/mol. The highest BCUT2D eigenvalue weighted by molar-refractivity contribution is 5.21. The first kappa shape index (κ1) is 6.44. The molecule has 3 rings (SSSR count). The molecule has 0 bridgehead atoms. The normalized spacial score (nSPS) is 61.1. The van der Waals surface area contributed by atoms with Crippen LogP contribution in [0.2, 0.25) is 0 Å². The van der Waals surface area contributed by atoms with Gasteiger partial charge in [0.2, 0.25) is 0 Å². The van der Waals surface area contributed by atoms with Crippen LogP contribution in [0.4, 0.5) is 0 Å². The second-order valence-corrected chi connectivity index (χ2v) is 4.67. The predicted octanol–water partition coefficient (Wildman–Crippen LogP) is 0.570. The maximum absolute atomic E-state index is 5.97. The molecule has 0 radical (unpaired) electrons. The molecule has 2 saturated carbocycles. The molecule has 62 valence electrons. The zero-order valence-electron chi connectivity index (χ0n) is 7.09. The Morgan fingerprint density at radius 3 is 2.82 bits per heavy atom. The van der Waals surface area contributed by atoms with Gasteiger partial charge in [-0.3, -0.25) is 4.90 Å². The summed E-state index contributed by atoms with van der Waals surface area (Å²) in [4.78, 5) is 2.55. The molecule has 1 heterocycles. The van der Waals surface area contributed by atoms with Crippen LogP contribution in [-0.2, 0) is 0 Å². The summed E-state index contributed by atoms with van der Waals surface area (Å²) in [5.74, 6) is 0. The van der Waals surface area contributed by atoms with Crippen LogP contribution in [0.15, 0.2) is 0 Å². The van der Waals surface area contributed by atoms with E-state index in [1.165, 1.54) is 25.7 Å². The first-order valence-electron chi connectivity index (χ1n) is 4.71. The van der Waals surface area contributed by atoms with Gasteiger partial charge in [-0.2, -0.15) is 0 Å². The zero-order chi connectivity index (χ0) is 7.64. The molecule has 2 nitrogen and oxygen atoms in total. The van der Waals surface area contributed by atoms with E-state index in [0.29, 0.717) is 11.5 Å². The summed E-state index contributed by atoms with van der Waals surface area (Å²) in [6, 6.07) is 2.28. The first-order chi connectivity index (χ1) is 5.24. The monoisotopic (exact) mass is 152 g/mol. The van der Waals surface area contributed by atoms with E-state index in [1.807, 2.05) is 0 Å². The number of hydrogen-bond acceptors (Lipinski definition) is 2. The molecule has 0 aromatic carbocycles. The lowest BCUT2D eigenvalue weighted by Crippen LogP contribution is -2.73. The molecule has 4 atom stereocenters. The molecule has 0 aromatic rings. The maximum atomic E-state index is 5.97. The van der Waals surface area contributed by atoms with Crippen LogP contribution in [0.25, 0.3) is 0 Å². The van der Waals surface area contributed by atoms with E-state index >= 15 is 0 Å². The van der Waals surface area contributed by atoms with Gasteiger partial charge in [-0.1, -0.05) is 0 Å². The molecule has 0 aromatic heterocycles. The van der Waals surface area contributed by atoms with Gasteiger partial charge in [0.1, 0.15) is 0 Å². The van der Waals surface area contributed by atoms with Crippen LogP contribution in [0.5, 0.6) is 0 Å². The van der Waals surface area contributed by atoms with E-state index in [-0.39, 0.29) is 0 Å². The van der Waals surface area contributed by atoms with Gasteiger partial charge in [-0.05, 0) is 32.7 Å². The lowest BCUT2D eigenvalue weighted by atomic mass is 9.54. The molecule has 11 heavy (non-hydrogen) atoms. The van der Waals surface area contributed by atoms with Crippen molar-refractivity contribution in [2.45, 2.75) is 43.8 Å². The van der Waals surface area contributed by atoms with Crippen molar-refractivity contribution in [2.24, 2.45) is 11.1 Å². The third-order valence-corrected chi connectivity index (χ3v) is 4.36. The molecule has 4 unspecified atom stereocenters. The van der Waals surface area contributed by atoms with E-state index in [2.05, 4.69) is 11.9 Å².